The molecule has 24 heavy (non-hydrogen) atoms. The van der Waals surface area contributed by atoms with E-state index in [0.717, 1.165) is 6.42 Å². The third-order valence-corrected chi connectivity index (χ3v) is 4.30. The molecule has 2 aromatic carbocycles. The second kappa shape index (κ2) is 7.55. The maximum Gasteiger partial charge on any atom is 0.239 e. The predicted octanol–water partition coefficient (Wildman–Crippen LogP) is 2.30. The average Bonchev–Trinajstić information content (AvgIpc) is 2.58. The Morgan fingerprint density at radius 2 is 1.92 bits per heavy atom. The minimum Gasteiger partial charge on any atom is -0.375 e. The monoisotopic (exact) mass is 328 g/mol. The SMILES string of the molecule is NC(=O)[C@H](c1ccc(F)cc1)N1CCO[C@@H](Cc2ccccc2)C1. The van der Waals surface area contributed by atoms with E-state index in [1.807, 2.05) is 23.1 Å². The van der Waals surface area contributed by atoms with Gasteiger partial charge in [-0.15, -0.1) is 0 Å². The van der Waals surface area contributed by atoms with Gasteiger partial charge in [-0.1, -0.05) is 42.5 Å². The lowest BCUT2D eigenvalue weighted by Gasteiger charge is -2.37. The second-order valence-electron chi connectivity index (χ2n) is 6.03. The van der Waals surface area contributed by atoms with Crippen LogP contribution in [0.2, 0.25) is 0 Å². The highest BCUT2D eigenvalue weighted by atomic mass is 19.1. The first kappa shape index (κ1) is 16.6. The number of nitrogens with zero attached hydrogens (tertiary/aromatic N) is 1. The fraction of sp³-hybridized carbons (Fsp3) is 0.316. The summed E-state index contributed by atoms with van der Waals surface area (Å²) in [6.45, 7) is 1.78. The van der Waals surface area contributed by atoms with Crippen LogP contribution in [-0.2, 0) is 16.0 Å². The summed E-state index contributed by atoms with van der Waals surface area (Å²) in [6.07, 6.45) is 0.787. The zero-order chi connectivity index (χ0) is 16.9. The number of benzene rings is 2. The number of halogens is 1. The predicted molar refractivity (Wildman–Crippen MR) is 89.8 cm³/mol. The molecule has 0 spiro atoms. The van der Waals surface area contributed by atoms with E-state index < -0.39 is 11.9 Å². The van der Waals surface area contributed by atoms with Crippen molar-refractivity contribution in [2.45, 2.75) is 18.6 Å². The molecule has 2 N–H and O–H groups in total. The van der Waals surface area contributed by atoms with Crippen molar-refractivity contribution >= 4 is 5.91 Å². The smallest absolute Gasteiger partial charge is 0.239 e. The fourth-order valence-electron chi connectivity index (χ4n) is 3.18. The Morgan fingerprint density at radius 1 is 1.21 bits per heavy atom. The van der Waals surface area contributed by atoms with Gasteiger partial charge in [0.25, 0.3) is 0 Å². The van der Waals surface area contributed by atoms with Crippen molar-refractivity contribution in [3.63, 3.8) is 0 Å². The van der Waals surface area contributed by atoms with Crippen LogP contribution in [0, 0.1) is 5.82 Å². The molecule has 1 fully saturated rings. The Kier molecular flexibility index (Phi) is 5.23. The summed E-state index contributed by atoms with van der Waals surface area (Å²) < 4.78 is 19.0. The van der Waals surface area contributed by atoms with Crippen LogP contribution in [0.25, 0.3) is 0 Å². The molecule has 4 nitrogen and oxygen atoms in total. The number of amides is 1. The maximum atomic E-state index is 13.1. The van der Waals surface area contributed by atoms with Crippen molar-refractivity contribution in [3.8, 4) is 0 Å². The van der Waals surface area contributed by atoms with E-state index in [1.165, 1.54) is 17.7 Å². The summed E-state index contributed by atoms with van der Waals surface area (Å²) in [6, 6.07) is 15.5. The number of carbonyl (C=O) groups is 1. The molecule has 126 valence electrons. The topological polar surface area (TPSA) is 55.6 Å². The molecular weight excluding hydrogens is 307 g/mol. The van der Waals surface area contributed by atoms with Gasteiger partial charge in [-0.3, -0.25) is 9.69 Å². The molecule has 5 heteroatoms. The molecular formula is C19H21FN2O2. The molecule has 0 aliphatic carbocycles. The van der Waals surface area contributed by atoms with Crippen molar-refractivity contribution in [2.75, 3.05) is 19.7 Å². The molecule has 2 aromatic rings. The summed E-state index contributed by atoms with van der Waals surface area (Å²) >= 11 is 0. The molecule has 0 saturated carbocycles. The van der Waals surface area contributed by atoms with Crippen molar-refractivity contribution in [2.24, 2.45) is 5.73 Å². The standard InChI is InChI=1S/C19H21FN2O2/c20-16-8-6-15(7-9-16)18(19(21)23)22-10-11-24-17(13-22)12-14-4-2-1-3-5-14/h1-9,17-18H,10-13H2,(H2,21,23)/t17-,18-/m0/s1. The quantitative estimate of drug-likeness (QED) is 0.916. The molecule has 1 aliphatic heterocycles. The molecule has 1 heterocycles. The minimum atomic E-state index is -0.562. The van der Waals surface area contributed by atoms with Gasteiger partial charge in [0, 0.05) is 13.1 Å². The molecule has 0 radical (unpaired) electrons. The van der Waals surface area contributed by atoms with Gasteiger partial charge >= 0.3 is 0 Å². The number of ether oxygens (including phenoxy) is 1. The average molecular weight is 328 g/mol. The van der Waals surface area contributed by atoms with Crippen LogP contribution in [0.15, 0.2) is 54.6 Å². The number of hydrogen-bond acceptors (Lipinski definition) is 3. The van der Waals surface area contributed by atoms with Crippen molar-refractivity contribution in [1.82, 2.24) is 4.90 Å². The largest absolute Gasteiger partial charge is 0.375 e. The summed E-state index contributed by atoms with van der Waals surface area (Å²) in [5, 5.41) is 0. The highest BCUT2D eigenvalue weighted by Gasteiger charge is 2.31. The molecule has 0 aromatic heterocycles. The lowest BCUT2D eigenvalue weighted by Crippen LogP contribution is -2.48. The zero-order valence-electron chi connectivity index (χ0n) is 13.4. The second-order valence-corrected chi connectivity index (χ2v) is 6.03. The molecule has 3 rings (SSSR count). The van der Waals surface area contributed by atoms with Crippen LogP contribution in [0.4, 0.5) is 4.39 Å². The van der Waals surface area contributed by atoms with Crippen LogP contribution < -0.4 is 5.73 Å². The van der Waals surface area contributed by atoms with E-state index in [0.29, 0.717) is 25.3 Å². The van der Waals surface area contributed by atoms with Gasteiger partial charge in [-0.05, 0) is 29.7 Å². The third-order valence-electron chi connectivity index (χ3n) is 4.30. The van der Waals surface area contributed by atoms with E-state index in [4.69, 9.17) is 10.5 Å². The van der Waals surface area contributed by atoms with E-state index in [2.05, 4.69) is 12.1 Å². The highest BCUT2D eigenvalue weighted by molar-refractivity contribution is 5.81. The number of primary amides is 1. The van der Waals surface area contributed by atoms with E-state index in [9.17, 15) is 9.18 Å². The van der Waals surface area contributed by atoms with E-state index in [-0.39, 0.29) is 11.9 Å². The minimum absolute atomic E-state index is 0.00319. The van der Waals surface area contributed by atoms with Crippen molar-refractivity contribution in [1.29, 1.82) is 0 Å². The van der Waals surface area contributed by atoms with Gasteiger partial charge in [0.1, 0.15) is 11.9 Å². The molecule has 1 aliphatic rings. The first-order valence-electron chi connectivity index (χ1n) is 8.08. The summed E-state index contributed by atoms with van der Waals surface area (Å²) in [5.41, 5.74) is 7.53. The van der Waals surface area contributed by atoms with Crippen LogP contribution in [0.3, 0.4) is 0 Å². The van der Waals surface area contributed by atoms with Gasteiger partial charge in [0.2, 0.25) is 5.91 Å². The molecule has 1 saturated heterocycles. The first-order chi connectivity index (χ1) is 11.6. The fourth-order valence-corrected chi connectivity index (χ4v) is 3.18. The zero-order valence-corrected chi connectivity index (χ0v) is 13.4. The Morgan fingerprint density at radius 3 is 2.58 bits per heavy atom. The van der Waals surface area contributed by atoms with Gasteiger partial charge in [-0.25, -0.2) is 4.39 Å². The number of nitrogens with two attached hydrogens (primary N) is 1. The first-order valence-corrected chi connectivity index (χ1v) is 8.08. The lowest BCUT2D eigenvalue weighted by molar-refractivity contribution is -0.127. The maximum absolute atomic E-state index is 13.1. The summed E-state index contributed by atoms with van der Waals surface area (Å²) in [4.78, 5) is 14.0. The Balaban J connectivity index is 1.73. The van der Waals surface area contributed by atoms with E-state index >= 15 is 0 Å². The lowest BCUT2D eigenvalue weighted by atomic mass is 10.0. The van der Waals surface area contributed by atoms with Gasteiger partial charge < -0.3 is 10.5 Å². The van der Waals surface area contributed by atoms with Gasteiger partial charge in [-0.2, -0.15) is 0 Å². The number of rotatable bonds is 5. The molecule has 2 atom stereocenters. The van der Waals surface area contributed by atoms with Crippen LogP contribution >= 0.6 is 0 Å². The number of hydrogen-bond donors (Lipinski definition) is 1. The Bertz CT molecular complexity index is 676. The van der Waals surface area contributed by atoms with E-state index in [1.54, 1.807) is 12.1 Å². The molecule has 0 bridgehead atoms. The number of morpholine rings is 1. The Hall–Kier alpha value is -2.24. The normalized spacial score (nSPS) is 19.8. The van der Waals surface area contributed by atoms with Gasteiger partial charge in [0.15, 0.2) is 0 Å². The molecule has 1 amide bonds. The van der Waals surface area contributed by atoms with Crippen LogP contribution in [0.5, 0.6) is 0 Å². The highest BCUT2D eigenvalue weighted by Crippen LogP contribution is 2.24. The van der Waals surface area contributed by atoms with Crippen molar-refractivity contribution in [3.05, 3.63) is 71.5 Å². The third kappa shape index (κ3) is 3.99. The summed E-state index contributed by atoms with van der Waals surface area (Å²) in [7, 11) is 0. The van der Waals surface area contributed by atoms with Crippen molar-refractivity contribution < 1.29 is 13.9 Å². The van der Waals surface area contributed by atoms with Crippen LogP contribution in [0.1, 0.15) is 17.2 Å². The summed E-state index contributed by atoms with van der Waals surface area (Å²) in [5.74, 6) is -0.757. The Labute approximate surface area is 141 Å². The number of carbonyl (C=O) groups excluding carboxylic acids is 1. The molecule has 0 unspecified atom stereocenters. The van der Waals surface area contributed by atoms with Crippen LogP contribution in [-0.4, -0.2) is 36.6 Å². The van der Waals surface area contributed by atoms with Gasteiger partial charge in [0.05, 0.1) is 12.7 Å².